The minimum atomic E-state index is 0.0138. The number of fused-ring (bicyclic) bond motifs is 1. The number of aromatic nitrogens is 5. The van der Waals surface area contributed by atoms with E-state index in [1.807, 2.05) is 41.0 Å². The molecule has 1 unspecified atom stereocenters. The molecule has 8 heteroatoms. The summed E-state index contributed by atoms with van der Waals surface area (Å²) in [5.41, 5.74) is 1.45. The summed E-state index contributed by atoms with van der Waals surface area (Å²) in [6, 6.07) is 5.98. The van der Waals surface area contributed by atoms with Crippen LogP contribution >= 0.6 is 15.9 Å². The zero-order chi connectivity index (χ0) is 16.0. The fraction of sp³-hybridized carbons (Fsp3) is 0.333. The van der Waals surface area contributed by atoms with Crippen LogP contribution in [0.1, 0.15) is 23.0 Å². The van der Waals surface area contributed by atoms with Gasteiger partial charge in [0.2, 0.25) is 0 Å². The summed E-state index contributed by atoms with van der Waals surface area (Å²) in [4.78, 5) is 14.8. The van der Waals surface area contributed by atoms with E-state index in [1.165, 1.54) is 0 Å². The van der Waals surface area contributed by atoms with E-state index in [-0.39, 0.29) is 11.9 Å². The van der Waals surface area contributed by atoms with Crippen LogP contribution in [0.25, 0.3) is 10.9 Å². The number of amides is 1. The molecule has 4 rings (SSSR count). The van der Waals surface area contributed by atoms with E-state index in [9.17, 15) is 4.79 Å². The first-order valence-corrected chi connectivity index (χ1v) is 8.20. The van der Waals surface area contributed by atoms with E-state index in [4.69, 9.17) is 0 Å². The maximum absolute atomic E-state index is 13.0. The third kappa shape index (κ3) is 2.42. The highest BCUT2D eigenvalue weighted by Gasteiger charge is 2.31. The maximum atomic E-state index is 13.0. The number of likely N-dealkylation sites (tertiary alicyclic amines) is 1. The maximum Gasteiger partial charge on any atom is 0.272 e. The fourth-order valence-corrected chi connectivity index (χ4v) is 3.48. The molecule has 0 radical (unpaired) electrons. The number of carbonyl (C=O) groups excluding carboxylic acids is 1. The lowest BCUT2D eigenvalue weighted by molar-refractivity contribution is 0.0778. The third-order valence-electron chi connectivity index (χ3n) is 4.26. The molecule has 0 aliphatic carbocycles. The first kappa shape index (κ1) is 14.4. The van der Waals surface area contributed by atoms with Crippen LogP contribution in [-0.4, -0.2) is 48.7 Å². The Morgan fingerprint density at radius 1 is 1.39 bits per heavy atom. The number of nitrogens with zero attached hydrogens (tertiary/aromatic N) is 6. The Morgan fingerprint density at radius 3 is 3.04 bits per heavy atom. The van der Waals surface area contributed by atoms with Crippen molar-refractivity contribution in [1.29, 1.82) is 0 Å². The Morgan fingerprint density at radius 2 is 2.26 bits per heavy atom. The number of halogens is 1. The molecule has 1 amide bonds. The highest BCUT2D eigenvalue weighted by molar-refractivity contribution is 9.10. The lowest BCUT2D eigenvalue weighted by atomic mass is 10.2. The zero-order valence-electron chi connectivity index (χ0n) is 12.6. The second-order valence-electron chi connectivity index (χ2n) is 5.71. The molecule has 1 fully saturated rings. The lowest BCUT2D eigenvalue weighted by Crippen LogP contribution is -2.30. The number of hydrogen-bond donors (Lipinski definition) is 0. The molecule has 2 aromatic heterocycles. The average Bonchev–Trinajstić information content (AvgIpc) is 3.25. The quantitative estimate of drug-likeness (QED) is 0.687. The van der Waals surface area contributed by atoms with Crippen molar-refractivity contribution in [3.63, 3.8) is 0 Å². The van der Waals surface area contributed by atoms with Gasteiger partial charge in [0.25, 0.3) is 5.91 Å². The van der Waals surface area contributed by atoms with Gasteiger partial charge < -0.3 is 4.90 Å². The molecule has 3 aromatic rings. The molecule has 1 atom stereocenters. The minimum Gasteiger partial charge on any atom is -0.335 e. The molecular weight excluding hydrogens is 360 g/mol. The van der Waals surface area contributed by atoms with Gasteiger partial charge in [0.05, 0.1) is 17.8 Å². The van der Waals surface area contributed by atoms with Crippen molar-refractivity contribution in [3.05, 3.63) is 40.8 Å². The van der Waals surface area contributed by atoms with Gasteiger partial charge in [-0.25, -0.2) is 4.68 Å². The van der Waals surface area contributed by atoms with Crippen LogP contribution in [0.4, 0.5) is 0 Å². The molecule has 0 N–H and O–H groups in total. The van der Waals surface area contributed by atoms with Crippen molar-refractivity contribution in [1.82, 2.24) is 29.7 Å². The van der Waals surface area contributed by atoms with Gasteiger partial charge >= 0.3 is 0 Å². The molecule has 23 heavy (non-hydrogen) atoms. The summed E-state index contributed by atoms with van der Waals surface area (Å²) in [7, 11) is 1.81. The normalized spacial score (nSPS) is 18.0. The van der Waals surface area contributed by atoms with Crippen LogP contribution in [0.15, 0.2) is 35.1 Å². The number of aryl methyl sites for hydroxylation is 1. The predicted molar refractivity (Wildman–Crippen MR) is 88.0 cm³/mol. The van der Waals surface area contributed by atoms with Crippen molar-refractivity contribution in [2.45, 2.75) is 12.5 Å². The van der Waals surface area contributed by atoms with Gasteiger partial charge in [-0.2, -0.15) is 5.10 Å². The number of rotatable bonds is 2. The van der Waals surface area contributed by atoms with Crippen LogP contribution in [0.5, 0.6) is 0 Å². The van der Waals surface area contributed by atoms with Gasteiger partial charge in [-0.05, 0) is 24.6 Å². The van der Waals surface area contributed by atoms with Crippen molar-refractivity contribution < 1.29 is 4.79 Å². The highest BCUT2D eigenvalue weighted by atomic mass is 79.9. The standard InChI is InChI=1S/C15H15BrN6O/c1-20-14(12-3-2-10(16)8-13(12)18-20)15(23)21-6-4-11(9-21)22-7-5-17-19-22/h2-3,5,7-8,11H,4,6,9H2,1H3. The predicted octanol–water partition coefficient (Wildman–Crippen LogP) is 2.01. The van der Waals surface area contributed by atoms with Gasteiger partial charge in [-0.3, -0.25) is 9.48 Å². The molecular formula is C15H15BrN6O. The van der Waals surface area contributed by atoms with Gasteiger partial charge in [-0.1, -0.05) is 21.1 Å². The summed E-state index contributed by atoms with van der Waals surface area (Å²) in [6.07, 6.45) is 4.39. The molecule has 118 valence electrons. The van der Waals surface area contributed by atoms with Gasteiger partial charge in [-0.15, -0.1) is 5.10 Å². The summed E-state index contributed by atoms with van der Waals surface area (Å²) in [6.45, 7) is 1.36. The van der Waals surface area contributed by atoms with Gasteiger partial charge in [0.1, 0.15) is 5.69 Å². The highest BCUT2D eigenvalue weighted by Crippen LogP contribution is 2.26. The van der Waals surface area contributed by atoms with Gasteiger partial charge in [0, 0.05) is 36.2 Å². The molecule has 3 heterocycles. The number of hydrogen-bond acceptors (Lipinski definition) is 4. The average molecular weight is 375 g/mol. The summed E-state index contributed by atoms with van der Waals surface area (Å²) < 4.78 is 4.45. The first-order valence-electron chi connectivity index (χ1n) is 7.41. The van der Waals surface area contributed by atoms with Crippen molar-refractivity contribution in [2.24, 2.45) is 7.05 Å². The smallest absolute Gasteiger partial charge is 0.272 e. The van der Waals surface area contributed by atoms with E-state index >= 15 is 0 Å². The Labute approximate surface area is 141 Å². The van der Waals surface area contributed by atoms with Crippen LogP contribution in [0, 0.1) is 0 Å². The second kappa shape index (κ2) is 5.45. The zero-order valence-corrected chi connectivity index (χ0v) is 14.1. The number of benzene rings is 1. The summed E-state index contributed by atoms with van der Waals surface area (Å²) >= 11 is 3.44. The van der Waals surface area contributed by atoms with E-state index in [2.05, 4.69) is 31.3 Å². The topological polar surface area (TPSA) is 68.8 Å². The van der Waals surface area contributed by atoms with Crippen LogP contribution < -0.4 is 0 Å². The first-order chi connectivity index (χ1) is 11.1. The Bertz CT molecular complexity index is 872. The third-order valence-corrected chi connectivity index (χ3v) is 4.76. The van der Waals surface area contributed by atoms with E-state index < -0.39 is 0 Å². The van der Waals surface area contributed by atoms with E-state index in [0.717, 1.165) is 21.8 Å². The molecule has 0 bridgehead atoms. The second-order valence-corrected chi connectivity index (χ2v) is 6.63. The molecule has 1 aliphatic heterocycles. The molecule has 0 saturated carbocycles. The summed E-state index contributed by atoms with van der Waals surface area (Å²) in [5.74, 6) is 0.0138. The molecule has 1 aromatic carbocycles. The van der Waals surface area contributed by atoms with Crippen molar-refractivity contribution in [2.75, 3.05) is 13.1 Å². The monoisotopic (exact) mass is 374 g/mol. The summed E-state index contributed by atoms with van der Waals surface area (Å²) in [5, 5.41) is 13.2. The molecule has 1 aliphatic rings. The van der Waals surface area contributed by atoms with E-state index in [1.54, 1.807) is 10.9 Å². The fourth-order valence-electron chi connectivity index (χ4n) is 3.13. The Hall–Kier alpha value is -2.22. The van der Waals surface area contributed by atoms with Crippen LogP contribution in [0.2, 0.25) is 0 Å². The molecule has 0 spiro atoms. The largest absolute Gasteiger partial charge is 0.335 e. The Balaban J connectivity index is 1.64. The molecule has 7 nitrogen and oxygen atoms in total. The SMILES string of the molecule is Cn1nc2cc(Br)ccc2c1C(=O)N1CCC(n2ccnn2)C1. The van der Waals surface area contributed by atoms with E-state index in [0.29, 0.717) is 18.8 Å². The van der Waals surface area contributed by atoms with Crippen LogP contribution in [-0.2, 0) is 7.05 Å². The lowest BCUT2D eigenvalue weighted by Gasteiger charge is -2.16. The van der Waals surface area contributed by atoms with Crippen molar-refractivity contribution >= 4 is 32.7 Å². The van der Waals surface area contributed by atoms with Crippen LogP contribution in [0.3, 0.4) is 0 Å². The van der Waals surface area contributed by atoms with Gasteiger partial charge in [0.15, 0.2) is 0 Å². The molecule has 1 saturated heterocycles. The minimum absolute atomic E-state index is 0.0138. The number of carbonyl (C=O) groups is 1. The Kier molecular flexibility index (Phi) is 3.41. The van der Waals surface area contributed by atoms with Crippen molar-refractivity contribution in [3.8, 4) is 0 Å².